The normalized spacial score (nSPS) is 11.5. The van der Waals surface area contributed by atoms with Gasteiger partial charge in [-0.15, -0.1) is 0 Å². The topological polar surface area (TPSA) is 26.3 Å². The third-order valence-corrected chi connectivity index (χ3v) is 4.86. The quantitative estimate of drug-likeness (QED) is 0.465. The van der Waals surface area contributed by atoms with Crippen LogP contribution in [0.5, 0.6) is 0 Å². The first kappa shape index (κ1) is 14.7. The second-order valence-corrected chi connectivity index (χ2v) is 8.98. The van der Waals surface area contributed by atoms with Crippen molar-refractivity contribution in [3.8, 4) is 0 Å². The van der Waals surface area contributed by atoms with Gasteiger partial charge in [-0.2, -0.15) is 0 Å². The zero-order valence-corrected chi connectivity index (χ0v) is 11.5. The van der Waals surface area contributed by atoms with Gasteiger partial charge >= 0.3 is 0 Å². The van der Waals surface area contributed by atoms with Gasteiger partial charge in [-0.3, -0.25) is 4.79 Å². The molecule has 0 heterocycles. The maximum absolute atomic E-state index is 10.7. The van der Waals surface area contributed by atoms with Crippen LogP contribution in [-0.2, 0) is 9.22 Å². The van der Waals surface area contributed by atoms with Crippen LogP contribution >= 0.6 is 0 Å². The predicted molar refractivity (Wildman–Crippen MR) is 67.1 cm³/mol. The highest BCUT2D eigenvalue weighted by Crippen LogP contribution is 2.17. The lowest BCUT2D eigenvalue weighted by molar-refractivity contribution is -0.130. The Labute approximate surface area is 95.5 Å². The van der Waals surface area contributed by atoms with Gasteiger partial charge in [-0.1, -0.05) is 45.4 Å². The lowest BCUT2D eigenvalue weighted by atomic mass is 10.1. The summed E-state index contributed by atoms with van der Waals surface area (Å²) in [6.45, 7) is 9.66. The van der Waals surface area contributed by atoms with E-state index in [4.69, 9.17) is 4.43 Å². The molecule has 1 radical (unpaired) electrons. The number of carbonyl (C=O) groups is 1. The first-order valence-corrected chi connectivity index (χ1v) is 9.14. The van der Waals surface area contributed by atoms with Crippen molar-refractivity contribution in [2.75, 3.05) is 0 Å². The van der Waals surface area contributed by atoms with Crippen LogP contribution in [0.1, 0.15) is 45.4 Å². The van der Waals surface area contributed by atoms with Gasteiger partial charge in [-0.25, -0.2) is 0 Å². The van der Waals surface area contributed by atoms with Gasteiger partial charge in [0.15, 0.2) is 0 Å². The lowest BCUT2D eigenvalue weighted by Gasteiger charge is -2.21. The molecule has 0 unspecified atom stereocenters. The highest BCUT2D eigenvalue weighted by Gasteiger charge is 2.24. The Morgan fingerprint density at radius 2 is 1.67 bits per heavy atom. The zero-order chi connectivity index (χ0) is 11.7. The van der Waals surface area contributed by atoms with Crippen molar-refractivity contribution in [2.45, 2.75) is 64.6 Å². The van der Waals surface area contributed by atoms with E-state index in [1.54, 1.807) is 0 Å². The van der Waals surface area contributed by atoms with Gasteiger partial charge in [0.05, 0.1) is 6.92 Å². The van der Waals surface area contributed by atoms with Gasteiger partial charge < -0.3 is 4.43 Å². The molecule has 0 atom stereocenters. The molecule has 0 aromatic heterocycles. The molecule has 0 aliphatic rings. The third kappa shape index (κ3) is 9.98. The van der Waals surface area contributed by atoms with Gasteiger partial charge in [0, 0.05) is 0 Å². The molecule has 0 N–H and O–H groups in total. The summed E-state index contributed by atoms with van der Waals surface area (Å²) < 4.78 is 5.25. The van der Waals surface area contributed by atoms with Crippen LogP contribution in [0, 0.1) is 6.92 Å². The van der Waals surface area contributed by atoms with Crippen LogP contribution < -0.4 is 0 Å². The molecule has 0 aromatic rings. The van der Waals surface area contributed by atoms with E-state index in [0.717, 1.165) is 6.04 Å². The van der Waals surface area contributed by atoms with Crippen LogP contribution in [0.2, 0.25) is 19.1 Å². The predicted octanol–water partition coefficient (Wildman–Crippen LogP) is 3.93. The van der Waals surface area contributed by atoms with Gasteiger partial charge in [0.1, 0.15) is 0 Å². The maximum Gasteiger partial charge on any atom is 0.293 e. The molecule has 15 heavy (non-hydrogen) atoms. The van der Waals surface area contributed by atoms with E-state index < -0.39 is 8.32 Å². The largest absolute Gasteiger partial charge is 0.520 e. The highest BCUT2D eigenvalue weighted by atomic mass is 28.4. The van der Waals surface area contributed by atoms with Crippen molar-refractivity contribution >= 4 is 14.3 Å². The first-order valence-electron chi connectivity index (χ1n) is 6.03. The third-order valence-electron chi connectivity index (χ3n) is 2.52. The Hall–Kier alpha value is -0.313. The number of unbranched alkanes of at least 4 members (excludes halogenated alkanes) is 5. The molecule has 0 aliphatic heterocycles. The van der Waals surface area contributed by atoms with Gasteiger partial charge in [-0.05, 0) is 19.1 Å². The average molecular weight is 229 g/mol. The van der Waals surface area contributed by atoms with Gasteiger partial charge in [0.25, 0.3) is 5.97 Å². The van der Waals surface area contributed by atoms with E-state index in [9.17, 15) is 4.79 Å². The van der Waals surface area contributed by atoms with Crippen LogP contribution in [0.25, 0.3) is 0 Å². The zero-order valence-electron chi connectivity index (χ0n) is 10.5. The molecule has 89 valence electrons. The van der Waals surface area contributed by atoms with Crippen molar-refractivity contribution in [3.05, 3.63) is 6.92 Å². The highest BCUT2D eigenvalue weighted by molar-refractivity contribution is 6.72. The van der Waals surface area contributed by atoms with E-state index in [1.807, 2.05) is 0 Å². The van der Waals surface area contributed by atoms with Crippen molar-refractivity contribution in [2.24, 2.45) is 0 Å². The standard InChI is InChI=1S/C12H25O2Si/c1-5-6-7-8-9-10-11-15(3,4)14-12(2)13/h2,5-11H2,1,3-4H3. The monoisotopic (exact) mass is 229 g/mol. The molecule has 0 fully saturated rings. The fraction of sp³-hybridized carbons (Fsp3) is 0.833. The molecule has 0 rings (SSSR count). The summed E-state index contributed by atoms with van der Waals surface area (Å²) in [5.74, 6) is -0.363. The first-order chi connectivity index (χ1) is 6.98. The fourth-order valence-electron chi connectivity index (χ4n) is 1.69. The molecule has 0 aromatic carbocycles. The Bertz CT molecular complexity index is 178. The summed E-state index contributed by atoms with van der Waals surface area (Å²) in [6, 6.07) is 1.07. The number of hydrogen-bond acceptors (Lipinski definition) is 2. The van der Waals surface area contributed by atoms with Crippen molar-refractivity contribution < 1.29 is 9.22 Å². The molecule has 0 aliphatic carbocycles. The minimum atomic E-state index is -1.75. The fourth-order valence-corrected chi connectivity index (χ4v) is 3.51. The van der Waals surface area contributed by atoms with E-state index in [2.05, 4.69) is 26.9 Å². The summed E-state index contributed by atoms with van der Waals surface area (Å²) in [7, 11) is -1.75. The van der Waals surface area contributed by atoms with E-state index >= 15 is 0 Å². The SMILES string of the molecule is [CH2]C(=O)O[Si](C)(C)CCCCCCCC. The number of rotatable bonds is 8. The minimum Gasteiger partial charge on any atom is -0.520 e. The smallest absolute Gasteiger partial charge is 0.293 e. The summed E-state index contributed by atoms with van der Waals surface area (Å²) >= 11 is 0. The van der Waals surface area contributed by atoms with Crippen LogP contribution in [0.3, 0.4) is 0 Å². The summed E-state index contributed by atoms with van der Waals surface area (Å²) in [5, 5.41) is 0. The molecule has 3 heteroatoms. The Morgan fingerprint density at radius 3 is 2.20 bits per heavy atom. The summed E-state index contributed by atoms with van der Waals surface area (Å²) in [6.07, 6.45) is 7.75. The molecule has 0 bridgehead atoms. The van der Waals surface area contributed by atoms with E-state index in [-0.39, 0.29) is 5.97 Å². The minimum absolute atomic E-state index is 0.363. The average Bonchev–Trinajstić information content (AvgIpc) is 2.08. The number of hydrogen-bond donors (Lipinski definition) is 0. The Balaban J connectivity index is 3.44. The molecular formula is C12H25O2Si. The van der Waals surface area contributed by atoms with Crippen molar-refractivity contribution in [3.63, 3.8) is 0 Å². The van der Waals surface area contributed by atoms with Gasteiger partial charge in [0.2, 0.25) is 8.32 Å². The molecule has 2 nitrogen and oxygen atoms in total. The van der Waals surface area contributed by atoms with Crippen molar-refractivity contribution in [1.29, 1.82) is 0 Å². The van der Waals surface area contributed by atoms with Crippen molar-refractivity contribution in [1.82, 2.24) is 0 Å². The second-order valence-electron chi connectivity index (χ2n) is 4.75. The molecule has 0 saturated carbocycles. The summed E-state index contributed by atoms with van der Waals surface area (Å²) in [5.41, 5.74) is 0. The molecule has 0 saturated heterocycles. The number of carbonyl (C=O) groups excluding carboxylic acids is 1. The molecule has 0 amide bonds. The van der Waals surface area contributed by atoms with Crippen LogP contribution in [0.15, 0.2) is 0 Å². The Kier molecular flexibility index (Phi) is 7.75. The van der Waals surface area contributed by atoms with E-state index in [1.165, 1.54) is 38.5 Å². The summed E-state index contributed by atoms with van der Waals surface area (Å²) in [4.78, 5) is 10.7. The molecular weight excluding hydrogens is 204 g/mol. The molecule has 0 spiro atoms. The second kappa shape index (κ2) is 7.91. The lowest BCUT2D eigenvalue weighted by Crippen LogP contribution is -2.32. The maximum atomic E-state index is 10.7. The van der Waals surface area contributed by atoms with Crippen LogP contribution in [-0.4, -0.2) is 14.3 Å². The van der Waals surface area contributed by atoms with E-state index in [0.29, 0.717) is 0 Å². The Morgan fingerprint density at radius 1 is 1.13 bits per heavy atom. The van der Waals surface area contributed by atoms with Crippen LogP contribution in [0.4, 0.5) is 0 Å².